The van der Waals surface area contributed by atoms with Gasteiger partial charge in [0.15, 0.2) is 5.78 Å². The van der Waals surface area contributed by atoms with Gasteiger partial charge in [-0.05, 0) is 59.2 Å². The molecule has 4 heteroatoms. The van der Waals surface area contributed by atoms with E-state index in [1.165, 1.54) is 4.90 Å². The number of amides is 1. The zero-order valence-electron chi connectivity index (χ0n) is 20.6. The molecular weight excluding hydrogens is 470 g/mol. The third kappa shape index (κ3) is 5.94. The minimum atomic E-state index is -0.514. The lowest BCUT2D eigenvalue weighted by molar-refractivity contribution is 0.104. The van der Waals surface area contributed by atoms with E-state index >= 15 is 0 Å². The van der Waals surface area contributed by atoms with E-state index in [1.54, 1.807) is 36.4 Å². The Morgan fingerprint density at radius 3 is 1.61 bits per heavy atom. The van der Waals surface area contributed by atoms with E-state index in [2.05, 4.69) is 0 Å². The molecule has 0 atom stereocenters. The van der Waals surface area contributed by atoms with Gasteiger partial charge in [-0.3, -0.25) is 4.79 Å². The minimum absolute atomic E-state index is 0.0820. The molecular formula is C34H25NO3. The van der Waals surface area contributed by atoms with Crippen molar-refractivity contribution in [3.63, 3.8) is 0 Å². The highest BCUT2D eigenvalue weighted by atomic mass is 16.6. The summed E-state index contributed by atoms with van der Waals surface area (Å²) in [6, 6.07) is 43.4. The Kier molecular flexibility index (Phi) is 7.52. The Labute approximate surface area is 222 Å². The van der Waals surface area contributed by atoms with Crippen molar-refractivity contribution >= 4 is 29.3 Å². The van der Waals surface area contributed by atoms with Crippen LogP contribution in [0.1, 0.15) is 15.9 Å². The maximum absolute atomic E-state index is 13.1. The molecule has 0 bridgehead atoms. The molecule has 0 unspecified atom stereocenters. The zero-order chi connectivity index (χ0) is 26.2. The van der Waals surface area contributed by atoms with Gasteiger partial charge in [-0.1, -0.05) is 109 Å². The molecule has 184 valence electrons. The van der Waals surface area contributed by atoms with E-state index in [1.807, 2.05) is 115 Å². The number of ketones is 1. The molecule has 0 heterocycles. The minimum Gasteiger partial charge on any atom is -0.410 e. The molecule has 38 heavy (non-hydrogen) atoms. The molecule has 5 aromatic carbocycles. The summed E-state index contributed by atoms with van der Waals surface area (Å²) in [5.74, 6) is 0.327. The largest absolute Gasteiger partial charge is 0.424 e. The Morgan fingerprint density at radius 1 is 0.553 bits per heavy atom. The van der Waals surface area contributed by atoms with Gasteiger partial charge >= 0.3 is 6.09 Å². The van der Waals surface area contributed by atoms with Crippen molar-refractivity contribution in [3.05, 3.63) is 157 Å². The smallest absolute Gasteiger partial charge is 0.410 e. The lowest BCUT2D eigenvalue weighted by Crippen LogP contribution is -2.29. The molecule has 0 fully saturated rings. The number of nitrogens with zero attached hydrogens (tertiary/aromatic N) is 1. The number of ether oxygens (including phenoxy) is 1. The second-order valence-corrected chi connectivity index (χ2v) is 8.58. The summed E-state index contributed by atoms with van der Waals surface area (Å²) in [4.78, 5) is 27.3. The van der Waals surface area contributed by atoms with Crippen LogP contribution in [-0.4, -0.2) is 11.9 Å². The fourth-order valence-electron chi connectivity index (χ4n) is 4.03. The van der Waals surface area contributed by atoms with Crippen molar-refractivity contribution in [3.8, 4) is 16.9 Å². The molecule has 1 amide bonds. The van der Waals surface area contributed by atoms with E-state index in [-0.39, 0.29) is 5.78 Å². The number of carbonyl (C=O) groups is 2. The standard InChI is InChI=1S/C34H25NO3/c36-33(29-21-19-28(20-22-29)27-10-4-1-5-11-27)25-18-26-16-23-32(24-17-26)38-34(37)35(30-12-6-2-7-13-30)31-14-8-3-9-15-31/h1-25H. The number of allylic oxidation sites excluding steroid dienone is 1. The summed E-state index contributed by atoms with van der Waals surface area (Å²) in [5, 5.41) is 0. The zero-order valence-corrected chi connectivity index (χ0v) is 20.6. The second-order valence-electron chi connectivity index (χ2n) is 8.58. The van der Waals surface area contributed by atoms with Gasteiger partial charge in [0.1, 0.15) is 5.75 Å². The van der Waals surface area contributed by atoms with Crippen molar-refractivity contribution in [2.45, 2.75) is 0 Å². The van der Waals surface area contributed by atoms with Crippen LogP contribution in [0.25, 0.3) is 17.2 Å². The molecule has 0 spiro atoms. The highest BCUT2D eigenvalue weighted by Crippen LogP contribution is 2.27. The van der Waals surface area contributed by atoms with Crippen LogP contribution in [0.5, 0.6) is 5.75 Å². The van der Waals surface area contributed by atoms with Gasteiger partial charge in [0.25, 0.3) is 0 Å². The van der Waals surface area contributed by atoms with E-state index < -0.39 is 6.09 Å². The van der Waals surface area contributed by atoms with Crippen LogP contribution in [0, 0.1) is 0 Å². The predicted molar refractivity (Wildman–Crippen MR) is 153 cm³/mol. The van der Waals surface area contributed by atoms with Crippen molar-refractivity contribution in [1.82, 2.24) is 0 Å². The Balaban J connectivity index is 1.25. The molecule has 5 aromatic rings. The maximum Gasteiger partial charge on any atom is 0.424 e. The lowest BCUT2D eigenvalue weighted by atomic mass is 10.0. The summed E-state index contributed by atoms with van der Waals surface area (Å²) in [5.41, 5.74) is 5.03. The first kappa shape index (κ1) is 24.5. The monoisotopic (exact) mass is 495 g/mol. The van der Waals surface area contributed by atoms with Crippen LogP contribution in [0.15, 0.2) is 146 Å². The van der Waals surface area contributed by atoms with Gasteiger partial charge in [0, 0.05) is 5.56 Å². The first-order chi connectivity index (χ1) is 18.7. The molecule has 0 aliphatic rings. The molecule has 0 saturated carbocycles. The topological polar surface area (TPSA) is 46.6 Å². The number of hydrogen-bond donors (Lipinski definition) is 0. The molecule has 0 N–H and O–H groups in total. The van der Waals surface area contributed by atoms with Crippen LogP contribution in [0.4, 0.5) is 16.2 Å². The number of rotatable bonds is 7. The average molecular weight is 496 g/mol. The van der Waals surface area contributed by atoms with Gasteiger partial charge in [-0.15, -0.1) is 0 Å². The molecule has 0 aliphatic carbocycles. The van der Waals surface area contributed by atoms with Crippen LogP contribution in [-0.2, 0) is 0 Å². The predicted octanol–water partition coefficient (Wildman–Crippen LogP) is 8.59. The highest BCUT2D eigenvalue weighted by molar-refractivity contribution is 6.07. The quantitative estimate of drug-likeness (QED) is 0.168. The SMILES string of the molecule is O=C(C=Cc1ccc(OC(=O)N(c2ccccc2)c2ccccc2)cc1)c1ccc(-c2ccccc2)cc1. The molecule has 0 aliphatic heterocycles. The van der Waals surface area contributed by atoms with Gasteiger partial charge in [0.05, 0.1) is 11.4 Å². The van der Waals surface area contributed by atoms with Crippen LogP contribution < -0.4 is 9.64 Å². The summed E-state index contributed by atoms with van der Waals surface area (Å²) < 4.78 is 5.68. The molecule has 0 saturated heterocycles. The third-order valence-corrected chi connectivity index (χ3v) is 6.00. The first-order valence-corrected chi connectivity index (χ1v) is 12.3. The van der Waals surface area contributed by atoms with E-state index in [9.17, 15) is 9.59 Å². The normalized spacial score (nSPS) is 10.7. The average Bonchev–Trinajstić information content (AvgIpc) is 2.98. The van der Waals surface area contributed by atoms with Crippen LogP contribution in [0.2, 0.25) is 0 Å². The Hall–Kier alpha value is -5.22. The first-order valence-electron chi connectivity index (χ1n) is 12.3. The summed E-state index contributed by atoms with van der Waals surface area (Å²) in [7, 11) is 0. The van der Waals surface area contributed by atoms with Crippen molar-refractivity contribution in [2.24, 2.45) is 0 Å². The van der Waals surface area contributed by atoms with Crippen molar-refractivity contribution in [1.29, 1.82) is 0 Å². The van der Waals surface area contributed by atoms with E-state index in [0.717, 1.165) is 16.7 Å². The second kappa shape index (κ2) is 11.7. The van der Waals surface area contributed by atoms with Gasteiger partial charge in [0.2, 0.25) is 0 Å². The van der Waals surface area contributed by atoms with Gasteiger partial charge < -0.3 is 4.74 Å². The number of anilines is 2. The fourth-order valence-corrected chi connectivity index (χ4v) is 4.03. The summed E-state index contributed by atoms with van der Waals surface area (Å²) >= 11 is 0. The van der Waals surface area contributed by atoms with E-state index in [4.69, 9.17) is 4.74 Å². The Morgan fingerprint density at radius 2 is 1.05 bits per heavy atom. The van der Waals surface area contributed by atoms with E-state index in [0.29, 0.717) is 22.7 Å². The fraction of sp³-hybridized carbons (Fsp3) is 0. The number of carbonyl (C=O) groups excluding carboxylic acids is 2. The summed E-state index contributed by atoms with van der Waals surface area (Å²) in [6.45, 7) is 0. The maximum atomic E-state index is 13.1. The molecule has 4 nitrogen and oxygen atoms in total. The third-order valence-electron chi connectivity index (χ3n) is 6.00. The number of benzene rings is 5. The lowest BCUT2D eigenvalue weighted by Gasteiger charge is -2.22. The number of para-hydroxylation sites is 2. The van der Waals surface area contributed by atoms with Gasteiger partial charge in [-0.25, -0.2) is 9.69 Å². The molecule has 0 aromatic heterocycles. The van der Waals surface area contributed by atoms with Crippen molar-refractivity contribution in [2.75, 3.05) is 4.90 Å². The summed E-state index contributed by atoms with van der Waals surface area (Å²) in [6.07, 6.45) is 2.78. The molecule has 5 rings (SSSR count). The van der Waals surface area contributed by atoms with Crippen LogP contribution >= 0.6 is 0 Å². The number of hydrogen-bond acceptors (Lipinski definition) is 3. The van der Waals surface area contributed by atoms with Gasteiger partial charge in [-0.2, -0.15) is 0 Å². The molecule has 0 radical (unpaired) electrons. The van der Waals surface area contributed by atoms with Crippen molar-refractivity contribution < 1.29 is 14.3 Å². The van der Waals surface area contributed by atoms with Crippen LogP contribution in [0.3, 0.4) is 0 Å². The Bertz CT molecular complexity index is 1490. The highest BCUT2D eigenvalue weighted by Gasteiger charge is 2.20.